The topological polar surface area (TPSA) is 45.7 Å². The number of rotatable bonds is 12. The van der Waals surface area contributed by atoms with Gasteiger partial charge in [0.15, 0.2) is 5.13 Å². The first kappa shape index (κ1) is 27.7. The minimum Gasteiger partial charge on any atom is -0.497 e. The molecule has 1 amide bonds. The van der Waals surface area contributed by atoms with Gasteiger partial charge in [-0.3, -0.25) is 9.69 Å². The summed E-state index contributed by atoms with van der Waals surface area (Å²) in [7, 11) is 1.67. The van der Waals surface area contributed by atoms with Gasteiger partial charge in [0.25, 0.3) is 0 Å². The molecule has 0 fully saturated rings. The minimum atomic E-state index is 0. The fourth-order valence-corrected chi connectivity index (χ4v) is 5.47. The van der Waals surface area contributed by atoms with E-state index in [2.05, 4.69) is 18.7 Å². The van der Waals surface area contributed by atoms with Crippen molar-refractivity contribution in [3.05, 3.63) is 47.5 Å². The van der Waals surface area contributed by atoms with Crippen molar-refractivity contribution in [1.82, 2.24) is 9.88 Å². The fraction of sp³-hybridized carbons (Fsp3) is 0.417. The van der Waals surface area contributed by atoms with Gasteiger partial charge >= 0.3 is 0 Å². The number of hydrogen-bond donors (Lipinski definition) is 0. The van der Waals surface area contributed by atoms with E-state index in [1.807, 2.05) is 47.4 Å². The van der Waals surface area contributed by atoms with E-state index in [0.29, 0.717) is 18.0 Å². The Morgan fingerprint density at radius 3 is 2.52 bits per heavy atom. The lowest BCUT2D eigenvalue weighted by Gasteiger charge is -2.24. The quantitative estimate of drug-likeness (QED) is 0.195. The average Bonchev–Trinajstić information content (AvgIpc) is 3.22. The number of likely N-dealkylation sites (N-methyl/N-ethyl adjacent to an activating group) is 1. The molecule has 0 saturated carbocycles. The number of thiazole rings is 1. The summed E-state index contributed by atoms with van der Waals surface area (Å²) in [5.41, 5.74) is 0.880. The molecule has 9 heteroatoms. The summed E-state index contributed by atoms with van der Waals surface area (Å²) < 4.78 is 6.21. The van der Waals surface area contributed by atoms with Gasteiger partial charge in [0.05, 0.1) is 17.3 Å². The molecule has 3 rings (SSSR count). The zero-order chi connectivity index (χ0) is 22.9. The molecular formula is C24H31Cl2N3O2S2. The number of benzene rings is 2. The van der Waals surface area contributed by atoms with Crippen LogP contribution in [-0.4, -0.2) is 54.8 Å². The second-order valence-corrected chi connectivity index (χ2v) is 9.92. The number of halogens is 2. The number of ether oxygens (including phenoxy) is 1. The molecule has 0 unspecified atom stereocenters. The van der Waals surface area contributed by atoms with Crippen LogP contribution in [0.3, 0.4) is 0 Å². The number of amides is 1. The van der Waals surface area contributed by atoms with Gasteiger partial charge in [-0.25, -0.2) is 4.98 Å². The molecule has 1 aromatic heterocycles. The Labute approximate surface area is 215 Å². The molecule has 0 aliphatic rings. The summed E-state index contributed by atoms with van der Waals surface area (Å²) in [6.07, 6.45) is 1.31. The maximum Gasteiger partial charge on any atom is 0.228 e. The predicted molar refractivity (Wildman–Crippen MR) is 145 cm³/mol. The largest absolute Gasteiger partial charge is 0.497 e. The number of fused-ring (bicyclic) bond motifs is 1. The van der Waals surface area contributed by atoms with Crippen LogP contribution in [0.5, 0.6) is 5.75 Å². The van der Waals surface area contributed by atoms with Crippen molar-refractivity contribution in [2.75, 3.05) is 43.9 Å². The van der Waals surface area contributed by atoms with Crippen LogP contribution in [0.4, 0.5) is 5.13 Å². The molecule has 0 bridgehead atoms. The number of methoxy groups -OCH3 is 1. The van der Waals surface area contributed by atoms with Crippen molar-refractivity contribution < 1.29 is 9.53 Å². The number of aromatic nitrogens is 1. The molecule has 5 nitrogen and oxygen atoms in total. The second-order valence-electron chi connectivity index (χ2n) is 7.31. The summed E-state index contributed by atoms with van der Waals surface area (Å²) in [4.78, 5) is 23.3. The number of carbonyl (C=O) groups is 1. The Kier molecular flexibility index (Phi) is 11.8. The third kappa shape index (κ3) is 8.04. The van der Waals surface area contributed by atoms with Crippen LogP contribution in [0, 0.1) is 0 Å². The molecule has 3 aromatic rings. The molecule has 0 spiro atoms. The van der Waals surface area contributed by atoms with E-state index < -0.39 is 0 Å². The van der Waals surface area contributed by atoms with Crippen molar-refractivity contribution in [3.63, 3.8) is 0 Å². The van der Waals surface area contributed by atoms with Crippen LogP contribution in [0.25, 0.3) is 10.2 Å². The van der Waals surface area contributed by atoms with Crippen molar-refractivity contribution in [2.45, 2.75) is 31.6 Å². The Morgan fingerprint density at radius 1 is 1.12 bits per heavy atom. The monoisotopic (exact) mass is 527 g/mol. The fourth-order valence-electron chi connectivity index (χ4n) is 3.33. The van der Waals surface area contributed by atoms with Gasteiger partial charge in [-0.2, -0.15) is 0 Å². The highest BCUT2D eigenvalue weighted by Crippen LogP contribution is 2.31. The Balaban J connectivity index is 0.00000385. The van der Waals surface area contributed by atoms with Gasteiger partial charge in [0.1, 0.15) is 5.75 Å². The number of nitrogens with zero attached hydrogens (tertiary/aromatic N) is 3. The van der Waals surface area contributed by atoms with Crippen LogP contribution >= 0.6 is 47.1 Å². The summed E-state index contributed by atoms with van der Waals surface area (Å²) in [6, 6.07) is 13.7. The lowest BCUT2D eigenvalue weighted by molar-refractivity contribution is -0.118. The summed E-state index contributed by atoms with van der Waals surface area (Å²) >= 11 is 9.43. The number of hydrogen-bond acceptors (Lipinski definition) is 6. The molecule has 0 saturated heterocycles. The second kappa shape index (κ2) is 14.0. The zero-order valence-corrected chi connectivity index (χ0v) is 22.5. The van der Waals surface area contributed by atoms with Gasteiger partial charge in [0, 0.05) is 29.4 Å². The molecule has 1 heterocycles. The van der Waals surface area contributed by atoms with Crippen LogP contribution in [-0.2, 0) is 4.79 Å². The standard InChI is InChI=1S/C24H30ClN3O2S2.ClH/c1-4-27(5-2)14-15-28(24-26-21-13-8-18(25)17-22(21)32-24)23(29)7-6-16-31-20-11-9-19(30-3)10-12-20;/h8-13,17H,4-7,14-16H2,1-3H3;1H. The molecule has 0 aliphatic carbocycles. The van der Waals surface area contributed by atoms with E-state index in [-0.39, 0.29) is 18.3 Å². The smallest absolute Gasteiger partial charge is 0.228 e. The van der Waals surface area contributed by atoms with Gasteiger partial charge in [-0.1, -0.05) is 36.8 Å². The highest BCUT2D eigenvalue weighted by molar-refractivity contribution is 7.99. The minimum absolute atomic E-state index is 0. The lowest BCUT2D eigenvalue weighted by atomic mass is 10.3. The highest BCUT2D eigenvalue weighted by atomic mass is 35.5. The SMILES string of the molecule is CCN(CC)CCN(C(=O)CCCSc1ccc(OC)cc1)c1nc2ccc(Cl)cc2s1.Cl. The number of anilines is 1. The Bertz CT molecular complexity index is 1010. The van der Waals surface area contributed by atoms with Crippen LogP contribution in [0.15, 0.2) is 47.4 Å². The van der Waals surface area contributed by atoms with E-state index in [1.165, 1.54) is 16.2 Å². The van der Waals surface area contributed by atoms with E-state index in [4.69, 9.17) is 21.3 Å². The first-order valence-corrected chi connectivity index (χ1v) is 13.1. The van der Waals surface area contributed by atoms with E-state index in [1.54, 1.807) is 18.9 Å². The van der Waals surface area contributed by atoms with Gasteiger partial charge < -0.3 is 9.64 Å². The Morgan fingerprint density at radius 2 is 1.85 bits per heavy atom. The van der Waals surface area contributed by atoms with Crippen LogP contribution in [0.2, 0.25) is 5.02 Å². The summed E-state index contributed by atoms with van der Waals surface area (Å²) in [5, 5.41) is 1.44. The average molecular weight is 529 g/mol. The van der Waals surface area contributed by atoms with Crippen molar-refractivity contribution in [1.29, 1.82) is 0 Å². The van der Waals surface area contributed by atoms with Gasteiger partial charge in [-0.05, 0) is 67.7 Å². The summed E-state index contributed by atoms with van der Waals surface area (Å²) in [6.45, 7) is 7.69. The van der Waals surface area contributed by atoms with Crippen LogP contribution in [0.1, 0.15) is 26.7 Å². The summed E-state index contributed by atoms with van der Waals surface area (Å²) in [5.74, 6) is 1.86. The molecule has 0 radical (unpaired) electrons. The third-order valence-corrected chi connectivity index (χ3v) is 7.64. The lowest BCUT2D eigenvalue weighted by Crippen LogP contribution is -2.38. The highest BCUT2D eigenvalue weighted by Gasteiger charge is 2.20. The molecule has 0 N–H and O–H groups in total. The van der Waals surface area contributed by atoms with Crippen LogP contribution < -0.4 is 9.64 Å². The maximum atomic E-state index is 13.2. The molecule has 2 aromatic carbocycles. The van der Waals surface area contributed by atoms with E-state index in [9.17, 15) is 4.79 Å². The number of carbonyl (C=O) groups excluding carboxylic acids is 1. The van der Waals surface area contributed by atoms with Gasteiger partial charge in [0.2, 0.25) is 5.91 Å². The first-order valence-electron chi connectivity index (χ1n) is 10.9. The molecule has 0 aliphatic heterocycles. The predicted octanol–water partition coefficient (Wildman–Crippen LogP) is 6.63. The number of thioether (sulfide) groups is 1. The Hall–Kier alpha value is -1.51. The van der Waals surface area contributed by atoms with Crippen molar-refractivity contribution in [3.8, 4) is 5.75 Å². The molecule has 180 valence electrons. The first-order chi connectivity index (χ1) is 15.5. The zero-order valence-electron chi connectivity index (χ0n) is 19.3. The normalized spacial score (nSPS) is 10.9. The van der Waals surface area contributed by atoms with E-state index in [0.717, 1.165) is 52.9 Å². The maximum absolute atomic E-state index is 13.2. The molecular weight excluding hydrogens is 497 g/mol. The van der Waals surface area contributed by atoms with Gasteiger partial charge in [-0.15, -0.1) is 24.2 Å². The van der Waals surface area contributed by atoms with Crippen molar-refractivity contribution in [2.24, 2.45) is 0 Å². The molecule has 0 atom stereocenters. The van der Waals surface area contributed by atoms with E-state index >= 15 is 0 Å². The third-order valence-electron chi connectivity index (χ3n) is 5.27. The van der Waals surface area contributed by atoms with Crippen molar-refractivity contribution >= 4 is 68.4 Å². The molecule has 33 heavy (non-hydrogen) atoms.